The lowest BCUT2D eigenvalue weighted by molar-refractivity contribution is -0.0748. The van der Waals surface area contributed by atoms with Crippen molar-refractivity contribution < 1.29 is 14.3 Å². The molecule has 1 unspecified atom stereocenters. The highest BCUT2D eigenvalue weighted by atomic mass is 16.6. The number of amides is 1. The van der Waals surface area contributed by atoms with Crippen LogP contribution in [-0.4, -0.2) is 23.3 Å². The van der Waals surface area contributed by atoms with Crippen molar-refractivity contribution in [2.75, 3.05) is 6.54 Å². The molecule has 2 aliphatic heterocycles. The lowest BCUT2D eigenvalue weighted by Crippen LogP contribution is -2.45. The Kier molecular flexibility index (Phi) is 2.79. The molecule has 1 amide bonds. The Hall–Kier alpha value is -2.62. The zero-order valence-corrected chi connectivity index (χ0v) is 12.0. The SMILES string of the molecule is O=C1OC2(CCCN2C(=O)c2ccccc2)c2ccccc21. The number of carbonyl (C=O) groups is 2. The van der Waals surface area contributed by atoms with Crippen LogP contribution in [0.3, 0.4) is 0 Å². The number of benzene rings is 2. The summed E-state index contributed by atoms with van der Waals surface area (Å²) in [6, 6.07) is 16.5. The standard InChI is InChI=1S/C18H15NO3/c20-16(13-7-2-1-3-8-13)19-12-6-11-18(19)15-10-5-4-9-14(15)17(21)22-18/h1-5,7-10H,6,11-12H2. The van der Waals surface area contributed by atoms with E-state index in [1.54, 1.807) is 23.1 Å². The van der Waals surface area contributed by atoms with Crippen molar-refractivity contribution in [2.45, 2.75) is 18.6 Å². The molecule has 4 nitrogen and oxygen atoms in total. The minimum atomic E-state index is -0.930. The molecule has 0 aliphatic carbocycles. The van der Waals surface area contributed by atoms with Crippen molar-refractivity contribution in [1.82, 2.24) is 4.90 Å². The van der Waals surface area contributed by atoms with E-state index in [0.29, 0.717) is 24.1 Å². The molecule has 1 atom stereocenters. The van der Waals surface area contributed by atoms with E-state index in [0.717, 1.165) is 12.0 Å². The van der Waals surface area contributed by atoms with Gasteiger partial charge in [-0.2, -0.15) is 0 Å². The summed E-state index contributed by atoms with van der Waals surface area (Å²) in [5.74, 6) is -0.439. The van der Waals surface area contributed by atoms with Crippen LogP contribution in [0.15, 0.2) is 54.6 Å². The molecule has 4 rings (SSSR count). The molecule has 2 aromatic carbocycles. The van der Waals surface area contributed by atoms with E-state index in [4.69, 9.17) is 4.74 Å². The second-order valence-corrected chi connectivity index (χ2v) is 5.65. The molecule has 0 saturated carbocycles. The van der Waals surface area contributed by atoms with Crippen LogP contribution in [0.25, 0.3) is 0 Å². The highest BCUT2D eigenvalue weighted by molar-refractivity contribution is 5.98. The molecule has 2 heterocycles. The Balaban J connectivity index is 1.79. The van der Waals surface area contributed by atoms with Gasteiger partial charge in [0.2, 0.25) is 5.72 Å². The molecule has 22 heavy (non-hydrogen) atoms. The zero-order chi connectivity index (χ0) is 15.2. The summed E-state index contributed by atoms with van der Waals surface area (Å²) in [7, 11) is 0. The molecule has 4 heteroatoms. The second kappa shape index (κ2) is 4.70. The van der Waals surface area contributed by atoms with Gasteiger partial charge in [0.1, 0.15) is 0 Å². The van der Waals surface area contributed by atoms with Gasteiger partial charge in [-0.25, -0.2) is 4.79 Å². The zero-order valence-electron chi connectivity index (χ0n) is 12.0. The summed E-state index contributed by atoms with van der Waals surface area (Å²) in [6.07, 6.45) is 1.47. The first-order valence-corrected chi connectivity index (χ1v) is 7.42. The van der Waals surface area contributed by atoms with Gasteiger partial charge in [0.15, 0.2) is 0 Å². The first-order valence-electron chi connectivity index (χ1n) is 7.42. The number of likely N-dealkylation sites (tertiary alicyclic amines) is 1. The highest BCUT2D eigenvalue weighted by Gasteiger charge is 2.54. The number of esters is 1. The van der Waals surface area contributed by atoms with Crippen molar-refractivity contribution in [3.8, 4) is 0 Å². The van der Waals surface area contributed by atoms with Gasteiger partial charge < -0.3 is 4.74 Å². The van der Waals surface area contributed by atoms with Crippen LogP contribution in [0.1, 0.15) is 39.1 Å². The van der Waals surface area contributed by atoms with Gasteiger partial charge in [0.05, 0.1) is 5.56 Å². The van der Waals surface area contributed by atoms with Gasteiger partial charge in [-0.05, 0) is 24.6 Å². The smallest absolute Gasteiger partial charge is 0.341 e. The fourth-order valence-electron chi connectivity index (χ4n) is 3.45. The maximum absolute atomic E-state index is 12.9. The Bertz CT molecular complexity index is 756. The normalized spacial score (nSPS) is 22.7. The van der Waals surface area contributed by atoms with Crippen molar-refractivity contribution in [3.63, 3.8) is 0 Å². The number of hydrogen-bond donors (Lipinski definition) is 0. The fourth-order valence-corrected chi connectivity index (χ4v) is 3.45. The van der Waals surface area contributed by atoms with E-state index >= 15 is 0 Å². The fraction of sp³-hybridized carbons (Fsp3) is 0.222. The number of rotatable bonds is 1. The van der Waals surface area contributed by atoms with Crippen molar-refractivity contribution in [2.24, 2.45) is 0 Å². The molecule has 0 aromatic heterocycles. The predicted molar refractivity (Wildman–Crippen MR) is 80.2 cm³/mol. The Morgan fingerprint density at radius 2 is 1.77 bits per heavy atom. The minimum absolute atomic E-state index is 0.0948. The van der Waals surface area contributed by atoms with Crippen LogP contribution >= 0.6 is 0 Å². The number of hydrogen-bond acceptors (Lipinski definition) is 3. The summed E-state index contributed by atoms with van der Waals surface area (Å²) in [6.45, 7) is 0.593. The van der Waals surface area contributed by atoms with Gasteiger partial charge in [0.25, 0.3) is 5.91 Å². The van der Waals surface area contributed by atoms with Crippen LogP contribution < -0.4 is 0 Å². The Morgan fingerprint density at radius 1 is 1.05 bits per heavy atom. The van der Waals surface area contributed by atoms with E-state index in [9.17, 15) is 9.59 Å². The lowest BCUT2D eigenvalue weighted by Gasteiger charge is -2.34. The number of ether oxygens (including phenoxy) is 1. The van der Waals surface area contributed by atoms with Gasteiger partial charge in [0, 0.05) is 24.1 Å². The third-order valence-corrected chi connectivity index (χ3v) is 4.43. The largest absolute Gasteiger partial charge is 0.431 e. The van der Waals surface area contributed by atoms with Gasteiger partial charge in [-0.1, -0.05) is 36.4 Å². The minimum Gasteiger partial charge on any atom is -0.431 e. The average Bonchev–Trinajstić information content (AvgIpc) is 3.11. The van der Waals surface area contributed by atoms with Crippen molar-refractivity contribution in [3.05, 3.63) is 71.3 Å². The van der Waals surface area contributed by atoms with Crippen LogP contribution in [0.2, 0.25) is 0 Å². The summed E-state index contributed by atoms with van der Waals surface area (Å²) in [5, 5.41) is 0. The number of carbonyl (C=O) groups excluding carboxylic acids is 2. The van der Waals surface area contributed by atoms with Crippen LogP contribution in [0.5, 0.6) is 0 Å². The molecular formula is C18H15NO3. The van der Waals surface area contributed by atoms with Gasteiger partial charge in [-0.3, -0.25) is 9.69 Å². The third-order valence-electron chi connectivity index (χ3n) is 4.43. The summed E-state index contributed by atoms with van der Waals surface area (Å²) in [5.41, 5.74) is 1.06. The number of nitrogens with zero attached hydrogens (tertiary/aromatic N) is 1. The summed E-state index contributed by atoms with van der Waals surface area (Å²) >= 11 is 0. The third kappa shape index (κ3) is 1.70. The molecule has 1 spiro atoms. The van der Waals surface area contributed by atoms with E-state index in [1.165, 1.54) is 0 Å². The molecule has 1 fully saturated rings. The van der Waals surface area contributed by atoms with Crippen molar-refractivity contribution in [1.29, 1.82) is 0 Å². The van der Waals surface area contributed by atoms with E-state index in [-0.39, 0.29) is 11.9 Å². The van der Waals surface area contributed by atoms with Gasteiger partial charge in [-0.15, -0.1) is 0 Å². The molecule has 2 aliphatic rings. The molecule has 0 radical (unpaired) electrons. The lowest BCUT2D eigenvalue weighted by atomic mass is 9.97. The monoisotopic (exact) mass is 293 g/mol. The molecule has 110 valence electrons. The Morgan fingerprint density at radius 3 is 2.59 bits per heavy atom. The van der Waals surface area contributed by atoms with Crippen LogP contribution in [-0.2, 0) is 10.5 Å². The summed E-state index contributed by atoms with van der Waals surface area (Å²) in [4.78, 5) is 26.7. The number of fused-ring (bicyclic) bond motifs is 2. The predicted octanol–water partition coefficient (Wildman–Crippen LogP) is 2.95. The average molecular weight is 293 g/mol. The summed E-state index contributed by atoms with van der Waals surface area (Å²) < 4.78 is 5.70. The molecule has 0 N–H and O–H groups in total. The first kappa shape index (κ1) is 13.1. The van der Waals surface area contributed by atoms with Crippen LogP contribution in [0.4, 0.5) is 0 Å². The molecule has 1 saturated heterocycles. The van der Waals surface area contributed by atoms with E-state index in [2.05, 4.69) is 0 Å². The molecule has 0 bridgehead atoms. The maximum atomic E-state index is 12.9. The second-order valence-electron chi connectivity index (χ2n) is 5.65. The van der Waals surface area contributed by atoms with Crippen molar-refractivity contribution >= 4 is 11.9 Å². The molecular weight excluding hydrogens is 278 g/mol. The quantitative estimate of drug-likeness (QED) is 0.759. The topological polar surface area (TPSA) is 46.6 Å². The van der Waals surface area contributed by atoms with E-state index in [1.807, 2.05) is 36.4 Å². The van der Waals surface area contributed by atoms with Gasteiger partial charge >= 0.3 is 5.97 Å². The first-order chi connectivity index (χ1) is 10.7. The van der Waals surface area contributed by atoms with Crippen LogP contribution in [0, 0.1) is 0 Å². The Labute approximate surface area is 128 Å². The maximum Gasteiger partial charge on any atom is 0.341 e. The molecule has 2 aromatic rings. The highest BCUT2D eigenvalue weighted by Crippen LogP contribution is 2.46. The van der Waals surface area contributed by atoms with E-state index < -0.39 is 5.72 Å².